The number of rotatable bonds is 7. The second-order valence-electron chi connectivity index (χ2n) is 9.04. The molecule has 2 aliphatic rings. The molecule has 7 nitrogen and oxygen atoms in total. The van der Waals surface area contributed by atoms with Crippen molar-refractivity contribution in [2.24, 2.45) is 11.8 Å². The molecule has 2 aromatic carbocycles. The van der Waals surface area contributed by atoms with E-state index in [4.69, 9.17) is 4.74 Å². The van der Waals surface area contributed by atoms with Crippen molar-refractivity contribution < 1.29 is 23.9 Å². The predicted molar refractivity (Wildman–Crippen MR) is 127 cm³/mol. The molecule has 2 aromatic rings. The van der Waals surface area contributed by atoms with Gasteiger partial charge in [0.2, 0.25) is 11.8 Å². The molecule has 0 aliphatic carbocycles. The molecule has 2 saturated heterocycles. The van der Waals surface area contributed by atoms with E-state index in [0.29, 0.717) is 24.1 Å². The van der Waals surface area contributed by atoms with Gasteiger partial charge in [0.25, 0.3) is 0 Å². The third-order valence-electron chi connectivity index (χ3n) is 6.97. The van der Waals surface area contributed by atoms with Crippen molar-refractivity contribution in [3.05, 3.63) is 65.2 Å². The van der Waals surface area contributed by atoms with Gasteiger partial charge in [-0.3, -0.25) is 24.5 Å². The number of nitrogens with one attached hydrogen (secondary N) is 1. The van der Waals surface area contributed by atoms with Crippen LogP contribution in [0.25, 0.3) is 0 Å². The largest absolute Gasteiger partial charge is 0.465 e. The number of esters is 1. The molecular weight excluding hydrogens is 432 g/mol. The van der Waals surface area contributed by atoms with E-state index in [1.807, 2.05) is 38.1 Å². The van der Waals surface area contributed by atoms with Crippen LogP contribution in [0.1, 0.15) is 61.1 Å². The van der Waals surface area contributed by atoms with Crippen molar-refractivity contribution in [1.29, 1.82) is 0 Å². The van der Waals surface area contributed by atoms with Crippen molar-refractivity contribution in [3.63, 3.8) is 0 Å². The van der Waals surface area contributed by atoms with E-state index in [2.05, 4.69) is 5.32 Å². The third kappa shape index (κ3) is 3.64. The average molecular weight is 463 g/mol. The van der Waals surface area contributed by atoms with Gasteiger partial charge < -0.3 is 4.74 Å². The fraction of sp³-hybridized carbons (Fsp3) is 0.407. The zero-order valence-corrected chi connectivity index (χ0v) is 20.0. The Kier molecular flexibility index (Phi) is 6.41. The van der Waals surface area contributed by atoms with Gasteiger partial charge in [-0.2, -0.15) is 0 Å². The number of carbonyl (C=O) groups excluding carboxylic acids is 4. The van der Waals surface area contributed by atoms with Crippen molar-refractivity contribution in [3.8, 4) is 0 Å². The molecule has 0 bridgehead atoms. The summed E-state index contributed by atoms with van der Waals surface area (Å²) in [6, 6.07) is 13.7. The molecule has 0 spiro atoms. The van der Waals surface area contributed by atoms with Crippen molar-refractivity contribution in [2.75, 3.05) is 11.5 Å². The summed E-state index contributed by atoms with van der Waals surface area (Å²) in [5.74, 6) is -3.18. The fourth-order valence-electron chi connectivity index (χ4n) is 5.50. The zero-order chi connectivity index (χ0) is 24.6. The molecule has 7 heteroatoms. The standard InChI is InChI=1S/C27H30N2O5/c1-5-14-27(26(33)34-6-2)22-21(23(28-27)20-13-8-7-10-16(20)3)24(31)29(25(22)32)19-12-9-11-18(15-19)17(4)30/h7-13,15,21-23,28H,5-6,14H2,1-4H3/t21-,22+,23-,27+/m1/s1. The molecule has 2 aliphatic heterocycles. The smallest absolute Gasteiger partial charge is 0.327 e. The van der Waals surface area contributed by atoms with E-state index in [-0.39, 0.29) is 18.3 Å². The normalized spacial score (nSPS) is 26.0. The van der Waals surface area contributed by atoms with E-state index in [0.717, 1.165) is 16.0 Å². The molecule has 2 heterocycles. The van der Waals surface area contributed by atoms with Crippen LogP contribution in [-0.2, 0) is 19.1 Å². The number of anilines is 1. The van der Waals surface area contributed by atoms with Gasteiger partial charge in [-0.15, -0.1) is 0 Å². The summed E-state index contributed by atoms with van der Waals surface area (Å²) in [6.07, 6.45) is 0.979. The van der Waals surface area contributed by atoms with Crippen LogP contribution < -0.4 is 10.2 Å². The van der Waals surface area contributed by atoms with Crippen LogP contribution in [0.2, 0.25) is 0 Å². The first kappa shape index (κ1) is 23.8. The van der Waals surface area contributed by atoms with Gasteiger partial charge in [0, 0.05) is 11.6 Å². The first-order chi connectivity index (χ1) is 16.3. The fourth-order valence-corrected chi connectivity index (χ4v) is 5.50. The summed E-state index contributed by atoms with van der Waals surface area (Å²) in [5, 5.41) is 3.41. The first-order valence-corrected chi connectivity index (χ1v) is 11.8. The predicted octanol–water partition coefficient (Wildman–Crippen LogP) is 3.75. The molecule has 2 amide bonds. The van der Waals surface area contributed by atoms with E-state index >= 15 is 0 Å². The lowest BCUT2D eigenvalue weighted by molar-refractivity contribution is -0.155. The summed E-state index contributed by atoms with van der Waals surface area (Å²) in [5.41, 5.74) is 1.28. The van der Waals surface area contributed by atoms with Crippen LogP contribution >= 0.6 is 0 Å². The molecule has 2 fully saturated rings. The average Bonchev–Trinajstić information content (AvgIpc) is 3.29. The number of ether oxygens (including phenoxy) is 1. The highest BCUT2D eigenvalue weighted by Crippen LogP contribution is 2.52. The SMILES string of the molecule is CCC[C@]1(C(=O)OCC)N[C@H](c2ccccc2C)[C@@H]2C(=O)N(c3cccc(C(C)=O)c3)C(=O)[C@H]21. The number of aryl methyl sites for hydroxylation is 1. The molecular formula is C27H30N2O5. The minimum Gasteiger partial charge on any atom is -0.465 e. The maximum atomic E-state index is 13.9. The number of nitrogens with zero attached hydrogens (tertiary/aromatic N) is 1. The molecule has 0 unspecified atom stereocenters. The summed E-state index contributed by atoms with van der Waals surface area (Å²) < 4.78 is 5.45. The lowest BCUT2D eigenvalue weighted by Crippen LogP contribution is -2.56. The van der Waals surface area contributed by atoms with Crippen LogP contribution in [-0.4, -0.2) is 35.7 Å². The third-order valence-corrected chi connectivity index (χ3v) is 6.97. The minimum absolute atomic E-state index is 0.160. The van der Waals surface area contributed by atoms with Crippen molar-refractivity contribution in [2.45, 2.75) is 52.1 Å². The van der Waals surface area contributed by atoms with E-state index < -0.39 is 35.3 Å². The Morgan fingerprint density at radius 1 is 1.06 bits per heavy atom. The number of Topliss-reactive ketones (excluding diaryl/α,β-unsaturated/α-hetero) is 1. The Morgan fingerprint density at radius 2 is 1.79 bits per heavy atom. The Balaban J connectivity index is 1.88. The Morgan fingerprint density at radius 3 is 2.44 bits per heavy atom. The monoisotopic (exact) mass is 462 g/mol. The first-order valence-electron chi connectivity index (χ1n) is 11.8. The van der Waals surface area contributed by atoms with Gasteiger partial charge in [-0.25, -0.2) is 4.90 Å². The summed E-state index contributed by atoms with van der Waals surface area (Å²) in [4.78, 5) is 54.3. The number of benzene rings is 2. The second kappa shape index (κ2) is 9.14. The summed E-state index contributed by atoms with van der Waals surface area (Å²) in [6.45, 7) is 7.22. The van der Waals surface area contributed by atoms with Crippen molar-refractivity contribution >= 4 is 29.3 Å². The molecule has 0 radical (unpaired) electrons. The summed E-state index contributed by atoms with van der Waals surface area (Å²) in [7, 11) is 0. The van der Waals surface area contributed by atoms with E-state index in [9.17, 15) is 19.2 Å². The van der Waals surface area contributed by atoms with Gasteiger partial charge in [0.15, 0.2) is 5.78 Å². The van der Waals surface area contributed by atoms with Gasteiger partial charge >= 0.3 is 5.97 Å². The molecule has 4 rings (SSSR count). The molecule has 178 valence electrons. The van der Waals surface area contributed by atoms with E-state index in [1.54, 1.807) is 31.2 Å². The lowest BCUT2D eigenvalue weighted by atomic mass is 9.76. The lowest BCUT2D eigenvalue weighted by Gasteiger charge is -2.33. The van der Waals surface area contributed by atoms with Gasteiger partial charge in [-0.1, -0.05) is 49.7 Å². The topological polar surface area (TPSA) is 92.8 Å². The number of hydrogen-bond donors (Lipinski definition) is 1. The zero-order valence-electron chi connectivity index (χ0n) is 20.0. The highest BCUT2D eigenvalue weighted by atomic mass is 16.5. The number of fused-ring (bicyclic) bond motifs is 1. The molecule has 4 atom stereocenters. The minimum atomic E-state index is -1.32. The van der Waals surface area contributed by atoms with Crippen LogP contribution in [0.15, 0.2) is 48.5 Å². The van der Waals surface area contributed by atoms with Crippen LogP contribution in [0, 0.1) is 18.8 Å². The second-order valence-corrected chi connectivity index (χ2v) is 9.04. The van der Waals surface area contributed by atoms with Crippen LogP contribution in [0.4, 0.5) is 5.69 Å². The Hall–Kier alpha value is -3.32. The molecule has 1 N–H and O–H groups in total. The van der Waals surface area contributed by atoms with Gasteiger partial charge in [0.1, 0.15) is 5.54 Å². The molecule has 34 heavy (non-hydrogen) atoms. The highest BCUT2D eigenvalue weighted by Gasteiger charge is 2.68. The Labute approximate surface area is 199 Å². The maximum absolute atomic E-state index is 13.9. The Bertz CT molecular complexity index is 1160. The summed E-state index contributed by atoms with van der Waals surface area (Å²) >= 11 is 0. The molecule has 0 saturated carbocycles. The number of ketones is 1. The maximum Gasteiger partial charge on any atom is 0.327 e. The molecule has 0 aromatic heterocycles. The van der Waals surface area contributed by atoms with Gasteiger partial charge in [0.05, 0.1) is 24.1 Å². The number of imide groups is 1. The highest BCUT2D eigenvalue weighted by molar-refractivity contribution is 6.24. The van der Waals surface area contributed by atoms with Crippen LogP contribution in [0.3, 0.4) is 0 Å². The van der Waals surface area contributed by atoms with E-state index in [1.165, 1.54) is 6.92 Å². The van der Waals surface area contributed by atoms with Crippen LogP contribution in [0.5, 0.6) is 0 Å². The van der Waals surface area contributed by atoms with Crippen molar-refractivity contribution in [1.82, 2.24) is 5.32 Å². The number of hydrogen-bond acceptors (Lipinski definition) is 6. The number of carbonyl (C=O) groups is 4. The quantitative estimate of drug-likeness (QED) is 0.383. The van der Waals surface area contributed by atoms with Gasteiger partial charge in [-0.05, 0) is 50.5 Å². The number of amides is 2.